The Morgan fingerprint density at radius 1 is 1.41 bits per heavy atom. The second kappa shape index (κ2) is 5.77. The van der Waals surface area contributed by atoms with Crippen LogP contribution in [0.3, 0.4) is 0 Å². The van der Waals surface area contributed by atoms with E-state index >= 15 is 0 Å². The molecule has 7 heteroatoms. The summed E-state index contributed by atoms with van der Waals surface area (Å²) >= 11 is 5.53. The number of likely N-dealkylation sites (N-methyl/N-ethyl adjacent to an activating group) is 1. The van der Waals surface area contributed by atoms with Crippen LogP contribution in [0.2, 0.25) is 5.02 Å². The van der Waals surface area contributed by atoms with Gasteiger partial charge in [0, 0.05) is 13.1 Å². The lowest BCUT2D eigenvalue weighted by atomic mass is 10.3. The maximum atomic E-state index is 12.9. The van der Waals surface area contributed by atoms with Crippen molar-refractivity contribution in [1.29, 1.82) is 0 Å². The van der Waals surface area contributed by atoms with E-state index in [1.165, 1.54) is 6.07 Å². The van der Waals surface area contributed by atoms with Gasteiger partial charge in [-0.3, -0.25) is 0 Å². The van der Waals surface area contributed by atoms with Gasteiger partial charge in [-0.05, 0) is 32.3 Å². The molecule has 0 radical (unpaired) electrons. The van der Waals surface area contributed by atoms with Gasteiger partial charge in [-0.1, -0.05) is 11.6 Å². The molecule has 0 aliphatic carbocycles. The van der Waals surface area contributed by atoms with Gasteiger partial charge < -0.3 is 4.90 Å². The molecule has 0 saturated heterocycles. The van der Waals surface area contributed by atoms with E-state index in [1.54, 1.807) is 0 Å². The van der Waals surface area contributed by atoms with Crippen molar-refractivity contribution in [3.63, 3.8) is 0 Å². The predicted octanol–water partition coefficient (Wildman–Crippen LogP) is 1.32. The van der Waals surface area contributed by atoms with Crippen LogP contribution in [-0.2, 0) is 10.0 Å². The highest BCUT2D eigenvalue weighted by Crippen LogP contribution is 2.19. The molecule has 0 heterocycles. The highest BCUT2D eigenvalue weighted by Gasteiger charge is 2.15. The lowest BCUT2D eigenvalue weighted by Crippen LogP contribution is -2.31. The fourth-order valence-corrected chi connectivity index (χ4v) is 2.42. The summed E-state index contributed by atoms with van der Waals surface area (Å²) in [5.41, 5.74) is 0. The molecule has 0 saturated carbocycles. The van der Waals surface area contributed by atoms with E-state index in [2.05, 4.69) is 4.72 Å². The second-order valence-corrected chi connectivity index (χ2v) is 5.95. The number of hydrogen-bond donors (Lipinski definition) is 1. The average Bonchev–Trinajstić information content (AvgIpc) is 2.21. The van der Waals surface area contributed by atoms with Gasteiger partial charge in [-0.25, -0.2) is 17.5 Å². The van der Waals surface area contributed by atoms with E-state index in [0.29, 0.717) is 6.54 Å². The highest BCUT2D eigenvalue weighted by atomic mass is 35.5. The molecule has 0 atom stereocenters. The molecule has 1 aromatic carbocycles. The monoisotopic (exact) mass is 280 g/mol. The summed E-state index contributed by atoms with van der Waals surface area (Å²) in [5, 5.41) is -0.208. The summed E-state index contributed by atoms with van der Waals surface area (Å²) < 4.78 is 38.8. The third-order valence-electron chi connectivity index (χ3n) is 2.05. The maximum absolute atomic E-state index is 12.9. The van der Waals surface area contributed by atoms with Gasteiger partial charge in [0.2, 0.25) is 10.0 Å². The van der Waals surface area contributed by atoms with E-state index in [-0.39, 0.29) is 16.5 Å². The predicted molar refractivity (Wildman–Crippen MR) is 65.2 cm³/mol. The Morgan fingerprint density at radius 2 is 2.06 bits per heavy atom. The second-order valence-electron chi connectivity index (χ2n) is 3.78. The minimum atomic E-state index is -3.62. The van der Waals surface area contributed by atoms with Crippen LogP contribution in [0, 0.1) is 5.82 Å². The Kier molecular flexibility index (Phi) is 4.88. The Balaban J connectivity index is 2.79. The third-order valence-corrected chi connectivity index (χ3v) is 3.80. The summed E-state index contributed by atoms with van der Waals surface area (Å²) in [7, 11) is 0.0498. The SMILES string of the molecule is CN(C)CCNS(=O)(=O)c1ccc(F)c(Cl)c1. The van der Waals surface area contributed by atoms with Crippen molar-refractivity contribution in [1.82, 2.24) is 9.62 Å². The highest BCUT2D eigenvalue weighted by molar-refractivity contribution is 7.89. The van der Waals surface area contributed by atoms with Crippen molar-refractivity contribution < 1.29 is 12.8 Å². The first kappa shape index (κ1) is 14.4. The summed E-state index contributed by atoms with van der Waals surface area (Å²) in [6.07, 6.45) is 0. The van der Waals surface area contributed by atoms with Crippen molar-refractivity contribution in [3.05, 3.63) is 29.0 Å². The fourth-order valence-electron chi connectivity index (χ4n) is 1.13. The molecule has 0 bridgehead atoms. The van der Waals surface area contributed by atoms with Crippen LogP contribution in [-0.4, -0.2) is 40.5 Å². The molecule has 0 aliphatic heterocycles. The van der Waals surface area contributed by atoms with Crippen LogP contribution in [0.15, 0.2) is 23.1 Å². The standard InChI is InChI=1S/C10H14ClFN2O2S/c1-14(2)6-5-13-17(15,16)8-3-4-10(12)9(11)7-8/h3-4,7,13H,5-6H2,1-2H3. The number of halogens is 2. The van der Waals surface area contributed by atoms with Crippen LogP contribution >= 0.6 is 11.6 Å². The molecule has 0 unspecified atom stereocenters. The molecule has 0 fully saturated rings. The number of nitrogens with zero attached hydrogens (tertiary/aromatic N) is 1. The minimum Gasteiger partial charge on any atom is -0.308 e. The van der Waals surface area contributed by atoms with Crippen molar-refractivity contribution in [3.8, 4) is 0 Å². The van der Waals surface area contributed by atoms with Crippen LogP contribution in [0.5, 0.6) is 0 Å². The molecular formula is C10H14ClFN2O2S. The molecule has 4 nitrogen and oxygen atoms in total. The number of nitrogens with one attached hydrogen (secondary N) is 1. The van der Waals surface area contributed by atoms with E-state index in [4.69, 9.17) is 11.6 Å². The number of hydrogen-bond acceptors (Lipinski definition) is 3. The summed E-state index contributed by atoms with van der Waals surface area (Å²) in [4.78, 5) is 1.81. The quantitative estimate of drug-likeness (QED) is 0.885. The molecule has 1 aromatic rings. The zero-order valence-corrected chi connectivity index (χ0v) is 11.1. The molecule has 0 amide bonds. The van der Waals surface area contributed by atoms with Gasteiger partial charge in [-0.15, -0.1) is 0 Å². The van der Waals surface area contributed by atoms with Gasteiger partial charge in [0.05, 0.1) is 9.92 Å². The fraction of sp³-hybridized carbons (Fsp3) is 0.400. The molecule has 1 N–H and O–H groups in total. The first-order valence-corrected chi connectivity index (χ1v) is 6.78. The van der Waals surface area contributed by atoms with Crippen LogP contribution < -0.4 is 4.72 Å². The van der Waals surface area contributed by atoms with Gasteiger partial charge in [-0.2, -0.15) is 0 Å². The summed E-state index contributed by atoms with van der Waals surface area (Å²) in [6, 6.07) is 3.30. The number of benzene rings is 1. The van der Waals surface area contributed by atoms with Crippen molar-refractivity contribution >= 4 is 21.6 Å². The van der Waals surface area contributed by atoms with Crippen molar-refractivity contribution in [2.24, 2.45) is 0 Å². The van der Waals surface area contributed by atoms with Gasteiger partial charge in [0.1, 0.15) is 5.82 Å². The molecule has 1 rings (SSSR count). The Hall–Kier alpha value is -0.690. The molecule has 0 aromatic heterocycles. The molecule has 17 heavy (non-hydrogen) atoms. The Morgan fingerprint density at radius 3 is 2.59 bits per heavy atom. The first-order valence-electron chi connectivity index (χ1n) is 4.92. The lowest BCUT2D eigenvalue weighted by Gasteiger charge is -2.11. The summed E-state index contributed by atoms with van der Waals surface area (Å²) in [5.74, 6) is -0.640. The minimum absolute atomic E-state index is 0.0392. The average molecular weight is 281 g/mol. The van der Waals surface area contributed by atoms with Gasteiger partial charge in [0.25, 0.3) is 0 Å². The van der Waals surface area contributed by atoms with Crippen LogP contribution in [0.25, 0.3) is 0 Å². The maximum Gasteiger partial charge on any atom is 0.240 e. The summed E-state index contributed by atoms with van der Waals surface area (Å²) in [6.45, 7) is 0.860. The van der Waals surface area contributed by atoms with E-state index in [0.717, 1.165) is 12.1 Å². The van der Waals surface area contributed by atoms with E-state index < -0.39 is 15.8 Å². The van der Waals surface area contributed by atoms with Crippen LogP contribution in [0.4, 0.5) is 4.39 Å². The number of sulfonamides is 1. The van der Waals surface area contributed by atoms with Crippen molar-refractivity contribution in [2.75, 3.05) is 27.2 Å². The Bertz CT molecular complexity index is 491. The first-order chi connectivity index (χ1) is 7.83. The smallest absolute Gasteiger partial charge is 0.240 e. The van der Waals surface area contributed by atoms with E-state index in [9.17, 15) is 12.8 Å². The molecule has 0 aliphatic rings. The number of rotatable bonds is 5. The molecule has 0 spiro atoms. The lowest BCUT2D eigenvalue weighted by molar-refractivity contribution is 0.412. The van der Waals surface area contributed by atoms with Crippen LogP contribution in [0.1, 0.15) is 0 Å². The third kappa shape index (κ3) is 4.23. The largest absolute Gasteiger partial charge is 0.308 e. The van der Waals surface area contributed by atoms with Gasteiger partial charge in [0.15, 0.2) is 0 Å². The van der Waals surface area contributed by atoms with Crippen molar-refractivity contribution in [2.45, 2.75) is 4.90 Å². The zero-order valence-electron chi connectivity index (χ0n) is 9.57. The van der Waals surface area contributed by atoms with E-state index in [1.807, 2.05) is 19.0 Å². The normalized spacial score (nSPS) is 12.1. The molecule has 96 valence electrons. The topological polar surface area (TPSA) is 49.4 Å². The Labute approximate surface area is 105 Å². The molecular weight excluding hydrogens is 267 g/mol. The zero-order chi connectivity index (χ0) is 13.1. The van der Waals surface area contributed by atoms with Gasteiger partial charge >= 0.3 is 0 Å².